The summed E-state index contributed by atoms with van der Waals surface area (Å²) in [5, 5.41) is 2.83. The van der Waals surface area contributed by atoms with Crippen LogP contribution in [0.2, 0.25) is 0 Å². The second kappa shape index (κ2) is 6.19. The first-order chi connectivity index (χ1) is 7.22. The Bertz CT molecular complexity index is 323. The molecule has 0 atom stereocenters. The number of rotatable bonds is 5. The first-order valence-electron chi connectivity index (χ1n) is 5.24. The Morgan fingerprint density at radius 1 is 1.47 bits per heavy atom. The molecule has 3 N–H and O–H groups in total. The standard InChI is InChI=1S/C12H18N2O/c1-10-3-2-4-11(9-10)6-8-14-12(15)5-7-13/h2-4,9H,5-8,13H2,1H3,(H,14,15). The van der Waals surface area contributed by atoms with Crippen LogP contribution in [0.4, 0.5) is 0 Å². The van der Waals surface area contributed by atoms with Gasteiger partial charge in [0.15, 0.2) is 0 Å². The van der Waals surface area contributed by atoms with E-state index in [4.69, 9.17) is 5.73 Å². The summed E-state index contributed by atoms with van der Waals surface area (Å²) >= 11 is 0. The minimum Gasteiger partial charge on any atom is -0.356 e. The summed E-state index contributed by atoms with van der Waals surface area (Å²) in [5.74, 6) is 0.0325. The first-order valence-corrected chi connectivity index (χ1v) is 5.24. The number of nitrogens with two attached hydrogens (primary N) is 1. The van der Waals surface area contributed by atoms with E-state index in [1.165, 1.54) is 11.1 Å². The van der Waals surface area contributed by atoms with Crippen molar-refractivity contribution >= 4 is 5.91 Å². The second-order valence-corrected chi connectivity index (χ2v) is 3.63. The highest BCUT2D eigenvalue weighted by molar-refractivity contribution is 5.75. The average molecular weight is 206 g/mol. The van der Waals surface area contributed by atoms with E-state index in [9.17, 15) is 4.79 Å². The van der Waals surface area contributed by atoms with Gasteiger partial charge < -0.3 is 11.1 Å². The minimum atomic E-state index is 0.0325. The number of hydrogen-bond donors (Lipinski definition) is 2. The Kier molecular flexibility index (Phi) is 4.84. The highest BCUT2D eigenvalue weighted by atomic mass is 16.1. The molecular formula is C12H18N2O. The van der Waals surface area contributed by atoms with Crippen LogP contribution in [0.5, 0.6) is 0 Å². The van der Waals surface area contributed by atoms with Crippen molar-refractivity contribution in [3.8, 4) is 0 Å². The smallest absolute Gasteiger partial charge is 0.221 e. The molecule has 0 bridgehead atoms. The second-order valence-electron chi connectivity index (χ2n) is 3.63. The van der Waals surface area contributed by atoms with Crippen LogP contribution >= 0.6 is 0 Å². The lowest BCUT2D eigenvalue weighted by Gasteiger charge is -2.04. The molecule has 0 fully saturated rings. The molecule has 0 spiro atoms. The van der Waals surface area contributed by atoms with Crippen molar-refractivity contribution in [2.75, 3.05) is 13.1 Å². The van der Waals surface area contributed by atoms with E-state index in [2.05, 4.69) is 30.4 Å². The lowest BCUT2D eigenvalue weighted by atomic mass is 10.1. The van der Waals surface area contributed by atoms with Gasteiger partial charge in [0, 0.05) is 19.5 Å². The maximum Gasteiger partial charge on any atom is 0.221 e. The zero-order valence-electron chi connectivity index (χ0n) is 9.12. The van der Waals surface area contributed by atoms with Crippen molar-refractivity contribution in [1.82, 2.24) is 5.32 Å². The van der Waals surface area contributed by atoms with E-state index < -0.39 is 0 Å². The fourth-order valence-electron chi connectivity index (χ4n) is 1.43. The lowest BCUT2D eigenvalue weighted by Crippen LogP contribution is -2.27. The summed E-state index contributed by atoms with van der Waals surface area (Å²) in [4.78, 5) is 11.1. The first kappa shape index (κ1) is 11.7. The Morgan fingerprint density at radius 2 is 2.27 bits per heavy atom. The number of hydrogen-bond acceptors (Lipinski definition) is 2. The molecular weight excluding hydrogens is 188 g/mol. The molecule has 3 nitrogen and oxygen atoms in total. The lowest BCUT2D eigenvalue weighted by molar-refractivity contribution is -0.120. The average Bonchev–Trinajstić information content (AvgIpc) is 2.18. The SMILES string of the molecule is Cc1cccc(CCNC(=O)CCN)c1. The topological polar surface area (TPSA) is 55.1 Å². The number of aryl methyl sites for hydroxylation is 1. The fourth-order valence-corrected chi connectivity index (χ4v) is 1.43. The van der Waals surface area contributed by atoms with Gasteiger partial charge in [-0.25, -0.2) is 0 Å². The van der Waals surface area contributed by atoms with Gasteiger partial charge in [-0.1, -0.05) is 29.8 Å². The molecule has 0 saturated heterocycles. The third-order valence-electron chi connectivity index (χ3n) is 2.19. The van der Waals surface area contributed by atoms with Crippen LogP contribution < -0.4 is 11.1 Å². The molecule has 1 rings (SSSR count). The normalized spacial score (nSPS) is 10.0. The number of carbonyl (C=O) groups excluding carboxylic acids is 1. The van der Waals surface area contributed by atoms with E-state index in [1.54, 1.807) is 0 Å². The van der Waals surface area contributed by atoms with Crippen LogP contribution in [0.1, 0.15) is 17.5 Å². The maximum absolute atomic E-state index is 11.1. The summed E-state index contributed by atoms with van der Waals surface area (Å²) in [6, 6.07) is 8.31. The van der Waals surface area contributed by atoms with Crippen molar-refractivity contribution in [3.63, 3.8) is 0 Å². The molecule has 1 aromatic rings. The van der Waals surface area contributed by atoms with Crippen molar-refractivity contribution in [3.05, 3.63) is 35.4 Å². The van der Waals surface area contributed by atoms with Crippen LogP contribution in [0.3, 0.4) is 0 Å². The third kappa shape index (κ3) is 4.61. The highest BCUT2D eigenvalue weighted by Gasteiger charge is 1.98. The third-order valence-corrected chi connectivity index (χ3v) is 2.19. The van der Waals surface area contributed by atoms with Gasteiger partial charge in [-0.05, 0) is 18.9 Å². The Hall–Kier alpha value is -1.35. The predicted molar refractivity (Wildman–Crippen MR) is 61.6 cm³/mol. The number of amides is 1. The predicted octanol–water partition coefficient (Wildman–Crippen LogP) is 1.00. The van der Waals surface area contributed by atoms with Gasteiger partial charge in [-0.3, -0.25) is 4.79 Å². The monoisotopic (exact) mass is 206 g/mol. The number of benzene rings is 1. The van der Waals surface area contributed by atoms with E-state index in [-0.39, 0.29) is 5.91 Å². The van der Waals surface area contributed by atoms with Gasteiger partial charge in [0.2, 0.25) is 5.91 Å². The molecule has 15 heavy (non-hydrogen) atoms. The molecule has 0 aliphatic heterocycles. The fraction of sp³-hybridized carbons (Fsp3) is 0.417. The van der Waals surface area contributed by atoms with Gasteiger partial charge in [0.1, 0.15) is 0 Å². The van der Waals surface area contributed by atoms with E-state index >= 15 is 0 Å². The summed E-state index contributed by atoms with van der Waals surface area (Å²) in [6.45, 7) is 3.16. The molecule has 0 radical (unpaired) electrons. The molecule has 1 aromatic carbocycles. The molecule has 1 amide bonds. The largest absolute Gasteiger partial charge is 0.356 e. The molecule has 82 valence electrons. The van der Waals surface area contributed by atoms with Crippen LogP contribution in [0.15, 0.2) is 24.3 Å². The van der Waals surface area contributed by atoms with E-state index in [0.717, 1.165) is 6.42 Å². The quantitative estimate of drug-likeness (QED) is 0.755. The van der Waals surface area contributed by atoms with Gasteiger partial charge >= 0.3 is 0 Å². The van der Waals surface area contributed by atoms with E-state index in [0.29, 0.717) is 19.5 Å². The van der Waals surface area contributed by atoms with Gasteiger partial charge in [0.25, 0.3) is 0 Å². The summed E-state index contributed by atoms with van der Waals surface area (Å²) in [7, 11) is 0. The van der Waals surface area contributed by atoms with Crippen LogP contribution in [-0.2, 0) is 11.2 Å². The van der Waals surface area contributed by atoms with Crippen molar-refractivity contribution in [2.45, 2.75) is 19.8 Å². The molecule has 0 saturated carbocycles. The molecule has 3 heteroatoms. The molecule has 0 aliphatic carbocycles. The zero-order valence-corrected chi connectivity index (χ0v) is 9.12. The van der Waals surface area contributed by atoms with Crippen molar-refractivity contribution in [2.24, 2.45) is 5.73 Å². The minimum absolute atomic E-state index is 0.0325. The van der Waals surface area contributed by atoms with Crippen LogP contribution in [0.25, 0.3) is 0 Å². The van der Waals surface area contributed by atoms with Crippen LogP contribution in [-0.4, -0.2) is 19.0 Å². The molecule has 0 unspecified atom stereocenters. The number of carbonyl (C=O) groups is 1. The Morgan fingerprint density at radius 3 is 2.93 bits per heavy atom. The summed E-state index contributed by atoms with van der Waals surface area (Å²) in [6.07, 6.45) is 1.28. The molecule has 0 aliphatic rings. The zero-order chi connectivity index (χ0) is 11.1. The van der Waals surface area contributed by atoms with E-state index in [1.807, 2.05) is 6.07 Å². The van der Waals surface area contributed by atoms with Crippen molar-refractivity contribution < 1.29 is 4.79 Å². The van der Waals surface area contributed by atoms with Crippen molar-refractivity contribution in [1.29, 1.82) is 0 Å². The maximum atomic E-state index is 11.1. The van der Waals surface area contributed by atoms with Gasteiger partial charge in [-0.2, -0.15) is 0 Å². The number of nitrogens with one attached hydrogen (secondary N) is 1. The highest BCUT2D eigenvalue weighted by Crippen LogP contribution is 2.03. The van der Waals surface area contributed by atoms with Gasteiger partial charge in [-0.15, -0.1) is 0 Å². The Balaban J connectivity index is 2.28. The molecule has 0 aromatic heterocycles. The Labute approximate surface area is 90.7 Å². The van der Waals surface area contributed by atoms with Crippen LogP contribution in [0, 0.1) is 6.92 Å². The summed E-state index contributed by atoms with van der Waals surface area (Å²) < 4.78 is 0. The molecule has 0 heterocycles. The summed E-state index contributed by atoms with van der Waals surface area (Å²) in [5.41, 5.74) is 7.77. The van der Waals surface area contributed by atoms with Gasteiger partial charge in [0.05, 0.1) is 0 Å².